The summed E-state index contributed by atoms with van der Waals surface area (Å²) in [6.45, 7) is 0. The van der Waals surface area contributed by atoms with E-state index in [1.165, 1.54) is 0 Å². The molecule has 0 N–H and O–H groups in total. The zero-order valence-corrected chi connectivity index (χ0v) is 10.2. The minimum Gasteiger partial charge on any atom is -0.822 e. The van der Waals surface area contributed by atoms with Gasteiger partial charge in [-0.1, -0.05) is 0 Å². The number of carbonyl (C=O) groups is 2. The predicted octanol–water partition coefficient (Wildman–Crippen LogP) is -9.72. The van der Waals surface area contributed by atoms with Crippen LogP contribution in [0.15, 0.2) is 0 Å². The van der Waals surface area contributed by atoms with Gasteiger partial charge in [0.25, 0.3) is 0 Å². The van der Waals surface area contributed by atoms with Gasteiger partial charge in [0.05, 0.1) is 11.9 Å². The number of hydrogen-bond acceptors (Lipinski definition) is 8. The van der Waals surface area contributed by atoms with E-state index in [0.29, 0.717) is 0 Å². The summed E-state index contributed by atoms with van der Waals surface area (Å²) in [7, 11) is -5.39. The van der Waals surface area contributed by atoms with E-state index in [4.69, 9.17) is 39.0 Å². The van der Waals surface area contributed by atoms with Gasteiger partial charge in [-0.2, -0.15) is 7.82 Å². The van der Waals surface area contributed by atoms with Crippen molar-refractivity contribution in [1.82, 2.24) is 0 Å². The van der Waals surface area contributed by atoms with Crippen molar-refractivity contribution >= 4 is 42.8 Å². The fourth-order valence-corrected chi connectivity index (χ4v) is 0. The Morgan fingerprint density at radius 1 is 0.929 bits per heavy atom. The number of rotatable bonds is 0. The first-order valence-electron chi connectivity index (χ1n) is 1.80. The number of phosphoric acid groups is 1. The molecule has 0 saturated carbocycles. The van der Waals surface area contributed by atoms with Crippen LogP contribution in [0, 0.1) is 0 Å². The normalized spacial score (nSPS) is 7.36. The molecule has 0 bridgehead atoms. The third-order valence-electron chi connectivity index (χ3n) is 0.167. The van der Waals surface area contributed by atoms with E-state index in [-0.39, 0.29) is 59.0 Å². The average Bonchev–Trinajstić information content (AvgIpc) is 1.59. The van der Waals surface area contributed by atoms with Crippen LogP contribution in [-0.2, 0) is 31.2 Å². The van der Waals surface area contributed by atoms with Crippen molar-refractivity contribution in [2.75, 3.05) is 0 Å². The molecule has 8 nitrogen and oxygen atoms in total. The molecule has 72 valence electrons. The monoisotopic (exact) mass is 270 g/mol. The molecule has 0 spiro atoms. The Bertz CT molecular complexity index is 183. The summed E-state index contributed by atoms with van der Waals surface area (Å²) in [5.41, 5.74) is 0. The van der Waals surface area contributed by atoms with Crippen molar-refractivity contribution in [2.45, 2.75) is 0 Å². The molecule has 0 aromatic rings. The largest absolute Gasteiger partial charge is 2.00 e. The Balaban J connectivity index is -0.0000000321. The Labute approximate surface area is 117 Å². The van der Waals surface area contributed by atoms with Crippen LogP contribution in [0.1, 0.15) is 0 Å². The molecular weight excluding hydrogens is 270 g/mol. The maximum Gasteiger partial charge on any atom is 2.00 e. The van der Waals surface area contributed by atoms with Gasteiger partial charge in [-0.3, -0.25) is 0 Å². The average molecular weight is 270 g/mol. The van der Waals surface area contributed by atoms with Crippen LogP contribution in [-0.4, -0.2) is 35.0 Å². The molecule has 0 aliphatic heterocycles. The molecule has 0 aromatic heterocycles. The van der Waals surface area contributed by atoms with Crippen LogP contribution in [0.2, 0.25) is 0 Å². The number of carbonyl (C=O) groups excluding carboxylic acids is 2. The van der Waals surface area contributed by atoms with Crippen LogP contribution < -0.4 is 43.8 Å². The van der Waals surface area contributed by atoms with Crippen LogP contribution in [0.5, 0.6) is 0 Å². The number of carboxylic acids is 2. The molecule has 0 aliphatic rings. The van der Waals surface area contributed by atoms with Gasteiger partial charge in [0.15, 0.2) is 0 Å². The summed E-state index contributed by atoms with van der Waals surface area (Å²) in [5, 5.41) is 17.9. The summed E-state index contributed by atoms with van der Waals surface area (Å²) >= 11 is 0. The van der Waals surface area contributed by atoms with E-state index in [1.54, 1.807) is 0 Å². The fraction of sp³-hybridized carbons (Fsp3) is 0. The Morgan fingerprint density at radius 2 is 1.00 bits per heavy atom. The molecule has 0 saturated heterocycles. The molecule has 0 aromatic carbocycles. The first kappa shape index (κ1) is 29.4. The third-order valence-corrected chi connectivity index (χ3v) is 0.167. The maximum atomic E-state index is 8.93. The molecule has 0 amide bonds. The van der Waals surface area contributed by atoms with Gasteiger partial charge in [0, 0.05) is 0 Å². The first-order valence-corrected chi connectivity index (χ1v) is 3.26. The van der Waals surface area contributed by atoms with Crippen molar-refractivity contribution in [2.24, 2.45) is 0 Å². The summed E-state index contributed by atoms with van der Waals surface area (Å²) in [6.07, 6.45) is 0. The smallest absolute Gasteiger partial charge is 0.822 e. The van der Waals surface area contributed by atoms with E-state index in [0.717, 1.165) is 0 Å². The minimum atomic E-state index is -5.39. The zero-order chi connectivity index (χ0) is 9.65. The van der Waals surface area contributed by atoms with Crippen molar-refractivity contribution in [3.8, 4) is 0 Å². The van der Waals surface area contributed by atoms with E-state index in [1.807, 2.05) is 0 Å². The summed E-state index contributed by atoms with van der Waals surface area (Å²) in [4.78, 5) is 43.5. The van der Waals surface area contributed by atoms with E-state index < -0.39 is 19.8 Å². The second-order valence-electron chi connectivity index (χ2n) is 1.02. The quantitative estimate of drug-likeness (QED) is 0.237. The predicted molar refractivity (Wildman–Crippen MR) is 23.4 cm³/mol. The van der Waals surface area contributed by atoms with Crippen molar-refractivity contribution in [3.63, 3.8) is 0 Å². The van der Waals surface area contributed by atoms with Crippen LogP contribution in [0.4, 0.5) is 0 Å². The number of hydrogen-bond donors (Lipinski definition) is 0. The van der Waals surface area contributed by atoms with E-state index >= 15 is 0 Å². The van der Waals surface area contributed by atoms with Crippen molar-refractivity contribution in [3.05, 3.63) is 0 Å². The summed E-state index contributed by atoms with van der Waals surface area (Å²) in [6, 6.07) is 0. The number of aliphatic carboxylic acids is 2. The molecule has 0 rings (SSSR count). The SMILES string of the molecule is O=C([O-])C(=O)[O-].O=P([O-])([O-])[O-].[Fe+2].[Li+].[Mg+2]. The van der Waals surface area contributed by atoms with Gasteiger partial charge in [-0.05, 0) is 0 Å². The van der Waals surface area contributed by atoms with E-state index in [9.17, 15) is 0 Å². The van der Waals surface area contributed by atoms with Gasteiger partial charge >= 0.3 is 59.0 Å². The molecule has 0 unspecified atom stereocenters. The Hall–Kier alpha value is 0.933. The molecular formula is C2FeLiMgO8P. The van der Waals surface area contributed by atoms with Crippen molar-refractivity contribution in [1.29, 1.82) is 0 Å². The van der Waals surface area contributed by atoms with Crippen LogP contribution in [0.3, 0.4) is 0 Å². The first-order chi connectivity index (χ1) is 4.64. The van der Waals surface area contributed by atoms with Gasteiger partial charge in [0.2, 0.25) is 0 Å². The van der Waals surface area contributed by atoms with Gasteiger partial charge in [-0.15, -0.1) is 0 Å². The summed E-state index contributed by atoms with van der Waals surface area (Å²) in [5.74, 6) is -4.37. The molecule has 14 heavy (non-hydrogen) atoms. The molecule has 0 aliphatic carbocycles. The molecule has 0 radical (unpaired) electrons. The second kappa shape index (κ2) is 13.9. The molecule has 0 atom stereocenters. The molecule has 0 heterocycles. The van der Waals surface area contributed by atoms with Gasteiger partial charge in [-0.25, -0.2) is 0 Å². The topological polar surface area (TPSA) is 167 Å². The van der Waals surface area contributed by atoms with Crippen molar-refractivity contribution < 1.29 is 75.0 Å². The maximum absolute atomic E-state index is 8.93. The van der Waals surface area contributed by atoms with Crippen LogP contribution in [0.25, 0.3) is 0 Å². The minimum absolute atomic E-state index is 0. The molecule has 0 fully saturated rings. The van der Waals surface area contributed by atoms with E-state index in [2.05, 4.69) is 0 Å². The molecule has 12 heteroatoms. The fourth-order valence-electron chi connectivity index (χ4n) is 0. The Kier molecular flexibility index (Phi) is 29.2. The van der Waals surface area contributed by atoms with Gasteiger partial charge < -0.3 is 39.0 Å². The number of carboxylic acid groups (broad SMARTS) is 2. The summed E-state index contributed by atoms with van der Waals surface area (Å²) < 4.78 is 8.55. The second-order valence-corrected chi connectivity index (χ2v) is 1.92. The third kappa shape index (κ3) is 75.7. The standard InChI is InChI=1S/C2H2O4.Fe.Li.Mg.H3O4P/c3-1(4)2(5)6;;;;1-5(2,3)4/h(H,3,4)(H,5,6);;;;(H3,1,2,3,4)/q;+2;+1;+2;/p-5. The van der Waals surface area contributed by atoms with Crippen LogP contribution >= 0.6 is 7.82 Å². The zero-order valence-electron chi connectivity index (χ0n) is 6.77. The Morgan fingerprint density at radius 3 is 1.00 bits per heavy atom. The van der Waals surface area contributed by atoms with Gasteiger partial charge in [0.1, 0.15) is 0 Å².